The van der Waals surface area contributed by atoms with Gasteiger partial charge in [0.15, 0.2) is 0 Å². The van der Waals surface area contributed by atoms with Crippen LogP contribution in [0.25, 0.3) is 0 Å². The van der Waals surface area contributed by atoms with Crippen molar-refractivity contribution in [1.82, 2.24) is 10.6 Å². The maximum atomic E-state index is 11.7. The molecular weight excluding hydrogens is 476 g/mol. The van der Waals surface area contributed by atoms with Crippen molar-refractivity contribution < 1.29 is 19.1 Å². The first-order valence-corrected chi connectivity index (χ1v) is 16.3. The van der Waals surface area contributed by atoms with Crippen molar-refractivity contribution in [2.75, 3.05) is 32.9 Å². The maximum absolute atomic E-state index is 11.7. The Morgan fingerprint density at radius 2 is 1.13 bits per heavy atom. The van der Waals surface area contributed by atoms with Crippen LogP contribution < -0.4 is 10.6 Å². The van der Waals surface area contributed by atoms with Crippen LogP contribution in [0.15, 0.2) is 0 Å². The summed E-state index contributed by atoms with van der Waals surface area (Å²) in [6.07, 6.45) is 25.7. The minimum absolute atomic E-state index is 0.122. The Balaban J connectivity index is 3.22. The Kier molecular flexibility index (Phi) is 29.2. The lowest BCUT2D eigenvalue weighted by molar-refractivity contribution is -0.121. The van der Waals surface area contributed by atoms with Gasteiger partial charge in [0, 0.05) is 26.1 Å². The van der Waals surface area contributed by atoms with Gasteiger partial charge in [-0.2, -0.15) is 0 Å². The van der Waals surface area contributed by atoms with Crippen LogP contribution in [0.1, 0.15) is 156 Å². The molecular formula is C32H64N2O4. The number of unbranched alkanes of at least 4 members (excludes halogenated alkanes) is 17. The van der Waals surface area contributed by atoms with Crippen molar-refractivity contribution in [3.8, 4) is 0 Å². The first-order chi connectivity index (χ1) is 18.6. The van der Waals surface area contributed by atoms with Crippen molar-refractivity contribution in [1.29, 1.82) is 0 Å². The van der Waals surface area contributed by atoms with Gasteiger partial charge in [0.25, 0.3) is 0 Å². The van der Waals surface area contributed by atoms with Crippen LogP contribution in [0.4, 0.5) is 4.79 Å². The van der Waals surface area contributed by atoms with Gasteiger partial charge in [-0.3, -0.25) is 4.79 Å². The quantitative estimate of drug-likeness (QED) is 0.0930. The number of rotatable bonds is 29. The molecule has 0 aromatic rings. The van der Waals surface area contributed by atoms with E-state index in [1.54, 1.807) is 0 Å². The lowest BCUT2D eigenvalue weighted by Gasteiger charge is -2.10. The SMILES string of the molecule is CCCCCCCCCCCCCCCCCCOCCOC(=O)NCCCCCC(=O)NCC(C)CC. The molecule has 0 aliphatic rings. The second-order valence-corrected chi connectivity index (χ2v) is 11.1. The molecule has 0 saturated heterocycles. The number of nitrogens with one attached hydrogen (secondary N) is 2. The Labute approximate surface area is 236 Å². The fourth-order valence-corrected chi connectivity index (χ4v) is 4.40. The van der Waals surface area contributed by atoms with Gasteiger partial charge in [-0.25, -0.2) is 4.79 Å². The predicted octanol–water partition coefficient (Wildman–Crippen LogP) is 8.71. The Morgan fingerprint density at radius 3 is 1.68 bits per heavy atom. The van der Waals surface area contributed by atoms with E-state index in [0.29, 0.717) is 32.1 Å². The second kappa shape index (κ2) is 30.2. The number of alkyl carbamates (subject to hydrolysis) is 1. The highest BCUT2D eigenvalue weighted by Crippen LogP contribution is 2.13. The summed E-state index contributed by atoms with van der Waals surface area (Å²) in [4.78, 5) is 23.4. The van der Waals surface area contributed by atoms with Gasteiger partial charge in [-0.05, 0) is 25.2 Å². The molecule has 38 heavy (non-hydrogen) atoms. The van der Waals surface area contributed by atoms with Gasteiger partial charge in [0.2, 0.25) is 5.91 Å². The molecule has 2 amide bonds. The van der Waals surface area contributed by atoms with Crippen LogP contribution in [0.5, 0.6) is 0 Å². The zero-order chi connectivity index (χ0) is 27.9. The number of hydrogen-bond donors (Lipinski definition) is 2. The summed E-state index contributed by atoms with van der Waals surface area (Å²) < 4.78 is 10.7. The van der Waals surface area contributed by atoms with E-state index in [9.17, 15) is 9.59 Å². The smallest absolute Gasteiger partial charge is 0.407 e. The molecule has 0 heterocycles. The van der Waals surface area contributed by atoms with Gasteiger partial charge < -0.3 is 20.1 Å². The molecule has 0 aliphatic carbocycles. The van der Waals surface area contributed by atoms with Gasteiger partial charge >= 0.3 is 6.09 Å². The van der Waals surface area contributed by atoms with E-state index in [2.05, 4.69) is 31.4 Å². The Morgan fingerprint density at radius 1 is 0.605 bits per heavy atom. The number of carbonyl (C=O) groups excluding carboxylic acids is 2. The third kappa shape index (κ3) is 29.3. The van der Waals surface area contributed by atoms with E-state index >= 15 is 0 Å². The van der Waals surface area contributed by atoms with E-state index in [-0.39, 0.29) is 12.0 Å². The fourth-order valence-electron chi connectivity index (χ4n) is 4.40. The molecule has 6 nitrogen and oxygen atoms in total. The minimum atomic E-state index is -0.387. The monoisotopic (exact) mass is 540 g/mol. The summed E-state index contributed by atoms with van der Waals surface area (Å²) in [7, 11) is 0. The zero-order valence-electron chi connectivity index (χ0n) is 25.6. The topological polar surface area (TPSA) is 76.7 Å². The Hall–Kier alpha value is -1.30. The zero-order valence-corrected chi connectivity index (χ0v) is 25.6. The van der Waals surface area contributed by atoms with Crippen molar-refractivity contribution in [2.24, 2.45) is 5.92 Å². The second-order valence-electron chi connectivity index (χ2n) is 11.1. The van der Waals surface area contributed by atoms with Crippen LogP contribution >= 0.6 is 0 Å². The molecule has 0 fully saturated rings. The van der Waals surface area contributed by atoms with Crippen LogP contribution in [0.3, 0.4) is 0 Å². The van der Waals surface area contributed by atoms with Crippen molar-refractivity contribution in [3.05, 3.63) is 0 Å². The maximum Gasteiger partial charge on any atom is 0.407 e. The number of hydrogen-bond acceptors (Lipinski definition) is 4. The molecule has 0 bridgehead atoms. The van der Waals surface area contributed by atoms with E-state index in [4.69, 9.17) is 9.47 Å². The molecule has 0 aromatic carbocycles. The molecule has 1 unspecified atom stereocenters. The largest absolute Gasteiger partial charge is 0.447 e. The summed E-state index contributed by atoms with van der Waals surface area (Å²) in [5.41, 5.74) is 0. The van der Waals surface area contributed by atoms with Crippen LogP contribution in [0.2, 0.25) is 0 Å². The number of carbonyl (C=O) groups is 2. The first-order valence-electron chi connectivity index (χ1n) is 16.3. The lowest BCUT2D eigenvalue weighted by atomic mass is 10.0. The highest BCUT2D eigenvalue weighted by molar-refractivity contribution is 5.75. The summed E-state index contributed by atoms with van der Waals surface area (Å²) in [5, 5.41) is 5.73. The van der Waals surface area contributed by atoms with E-state index in [1.807, 2.05) is 0 Å². The summed E-state index contributed by atoms with van der Waals surface area (Å²) in [5.74, 6) is 0.649. The molecule has 0 spiro atoms. The van der Waals surface area contributed by atoms with E-state index in [1.165, 1.54) is 96.3 Å². The average molecular weight is 541 g/mol. The predicted molar refractivity (Wildman–Crippen MR) is 161 cm³/mol. The van der Waals surface area contributed by atoms with Crippen LogP contribution in [0, 0.1) is 5.92 Å². The highest BCUT2D eigenvalue weighted by atomic mass is 16.6. The fraction of sp³-hybridized carbons (Fsp3) is 0.938. The standard InChI is InChI=1S/C32H64N2O4/c1-4-6-7-8-9-10-11-12-13-14-15-16-17-18-19-23-26-37-27-28-38-32(36)33-25-22-20-21-24-31(35)34-29-30(3)5-2/h30H,4-29H2,1-3H3,(H,33,36)(H,34,35). The molecule has 0 radical (unpaired) electrons. The minimum Gasteiger partial charge on any atom is -0.447 e. The molecule has 226 valence electrons. The molecule has 0 aliphatic heterocycles. The van der Waals surface area contributed by atoms with Crippen molar-refractivity contribution in [2.45, 2.75) is 156 Å². The molecule has 0 saturated carbocycles. The van der Waals surface area contributed by atoms with Crippen molar-refractivity contribution >= 4 is 12.0 Å². The number of ether oxygens (including phenoxy) is 2. The number of amides is 2. The van der Waals surface area contributed by atoms with Crippen molar-refractivity contribution in [3.63, 3.8) is 0 Å². The van der Waals surface area contributed by atoms with Gasteiger partial charge in [0.05, 0.1) is 6.61 Å². The van der Waals surface area contributed by atoms with Gasteiger partial charge in [-0.1, -0.05) is 130 Å². The third-order valence-corrected chi connectivity index (χ3v) is 7.30. The molecule has 0 rings (SSSR count). The van der Waals surface area contributed by atoms with Crippen LogP contribution in [-0.4, -0.2) is 44.9 Å². The normalized spacial score (nSPS) is 11.9. The van der Waals surface area contributed by atoms with Gasteiger partial charge in [-0.15, -0.1) is 0 Å². The molecule has 6 heteroatoms. The summed E-state index contributed by atoms with van der Waals surface area (Å²) in [6, 6.07) is 0. The van der Waals surface area contributed by atoms with E-state index in [0.717, 1.165) is 45.3 Å². The molecule has 2 N–H and O–H groups in total. The van der Waals surface area contributed by atoms with Gasteiger partial charge in [0.1, 0.15) is 6.61 Å². The Bertz CT molecular complexity index is 516. The average Bonchev–Trinajstić information content (AvgIpc) is 2.92. The molecule has 0 aromatic heterocycles. The summed E-state index contributed by atoms with van der Waals surface area (Å²) >= 11 is 0. The summed E-state index contributed by atoms with van der Waals surface area (Å²) in [6.45, 7) is 9.37. The highest BCUT2D eigenvalue weighted by Gasteiger charge is 2.05. The van der Waals surface area contributed by atoms with Crippen LogP contribution in [-0.2, 0) is 14.3 Å². The molecule has 1 atom stereocenters. The first kappa shape index (κ1) is 36.7. The van der Waals surface area contributed by atoms with E-state index < -0.39 is 0 Å². The lowest BCUT2D eigenvalue weighted by Crippen LogP contribution is -2.28. The third-order valence-electron chi connectivity index (χ3n) is 7.30.